The molecular weight excluding hydrogens is 337 g/mol. The minimum atomic E-state index is -4.41. The number of nitrogens with zero attached hydrogens (tertiary/aromatic N) is 1. The van der Waals surface area contributed by atoms with E-state index in [0.717, 1.165) is 40.8 Å². The molecule has 0 radical (unpaired) electrons. The summed E-state index contributed by atoms with van der Waals surface area (Å²) in [7, 11) is 0. The Morgan fingerprint density at radius 1 is 1.21 bits per heavy atom. The van der Waals surface area contributed by atoms with Crippen LogP contribution in [0.2, 0.25) is 0 Å². The molecule has 1 atom stereocenters. The molecule has 2 rings (SSSR count). The number of aryl methyl sites for hydroxylation is 2. The Hall–Kier alpha value is -2.02. The molecule has 1 N–H and O–H groups in total. The van der Waals surface area contributed by atoms with Crippen molar-refractivity contribution < 1.29 is 18.0 Å². The maximum atomic E-state index is 12.5. The second-order valence-electron chi connectivity index (χ2n) is 5.45. The zero-order chi connectivity index (χ0) is 17.9. The molecule has 1 heterocycles. The third kappa shape index (κ3) is 4.74. The summed E-state index contributed by atoms with van der Waals surface area (Å²) in [4.78, 5) is 16.0. The molecule has 128 valence electrons. The lowest BCUT2D eigenvalue weighted by molar-refractivity contribution is -0.137. The molecule has 1 amide bonds. The fourth-order valence-corrected chi connectivity index (χ4v) is 2.75. The van der Waals surface area contributed by atoms with Crippen molar-refractivity contribution in [2.24, 2.45) is 0 Å². The van der Waals surface area contributed by atoms with Crippen molar-refractivity contribution >= 4 is 23.4 Å². The van der Waals surface area contributed by atoms with Gasteiger partial charge in [-0.3, -0.25) is 4.79 Å². The van der Waals surface area contributed by atoms with Crippen LogP contribution in [0.4, 0.5) is 18.9 Å². The lowest BCUT2D eigenvalue weighted by Crippen LogP contribution is -2.23. The summed E-state index contributed by atoms with van der Waals surface area (Å²) in [6, 6.07) is 7.98. The van der Waals surface area contributed by atoms with E-state index in [4.69, 9.17) is 0 Å². The SMILES string of the molecule is Cc1ccc(C)c(NC(=O)C(C)Sc2ccc(C(F)(F)F)cn2)c1. The molecule has 0 aliphatic carbocycles. The fourth-order valence-electron chi connectivity index (χ4n) is 1.96. The van der Waals surface area contributed by atoms with Crippen LogP contribution in [0.15, 0.2) is 41.6 Å². The van der Waals surface area contributed by atoms with Crippen molar-refractivity contribution in [1.29, 1.82) is 0 Å². The van der Waals surface area contributed by atoms with Gasteiger partial charge in [0.15, 0.2) is 0 Å². The number of carbonyl (C=O) groups is 1. The van der Waals surface area contributed by atoms with Crippen LogP contribution in [0.5, 0.6) is 0 Å². The molecule has 0 saturated heterocycles. The minimum absolute atomic E-state index is 0.226. The number of pyridine rings is 1. The first-order valence-corrected chi connectivity index (χ1v) is 8.13. The average molecular weight is 354 g/mol. The highest BCUT2D eigenvalue weighted by Crippen LogP contribution is 2.30. The first-order chi connectivity index (χ1) is 11.2. The highest BCUT2D eigenvalue weighted by Gasteiger charge is 2.30. The average Bonchev–Trinajstić information content (AvgIpc) is 2.50. The molecule has 0 fully saturated rings. The van der Waals surface area contributed by atoms with Crippen LogP contribution in [0, 0.1) is 13.8 Å². The first-order valence-electron chi connectivity index (χ1n) is 7.25. The fraction of sp³-hybridized carbons (Fsp3) is 0.294. The zero-order valence-electron chi connectivity index (χ0n) is 13.4. The summed E-state index contributed by atoms with van der Waals surface area (Å²) in [5, 5.41) is 2.71. The van der Waals surface area contributed by atoms with Gasteiger partial charge in [-0.1, -0.05) is 23.9 Å². The van der Waals surface area contributed by atoms with E-state index in [1.165, 1.54) is 6.07 Å². The number of aromatic nitrogens is 1. The quantitative estimate of drug-likeness (QED) is 0.799. The highest BCUT2D eigenvalue weighted by molar-refractivity contribution is 8.00. The highest BCUT2D eigenvalue weighted by atomic mass is 32.2. The maximum absolute atomic E-state index is 12.5. The Morgan fingerprint density at radius 3 is 2.50 bits per heavy atom. The minimum Gasteiger partial charge on any atom is -0.325 e. The molecule has 0 bridgehead atoms. The second-order valence-corrected chi connectivity index (χ2v) is 6.81. The molecule has 0 spiro atoms. The van der Waals surface area contributed by atoms with Crippen molar-refractivity contribution in [2.45, 2.75) is 37.2 Å². The number of amides is 1. The molecule has 0 saturated carbocycles. The molecule has 2 aromatic rings. The molecule has 24 heavy (non-hydrogen) atoms. The van der Waals surface area contributed by atoms with Crippen LogP contribution in [0.1, 0.15) is 23.6 Å². The Kier molecular flexibility index (Phi) is 5.54. The van der Waals surface area contributed by atoms with Crippen molar-refractivity contribution in [2.75, 3.05) is 5.32 Å². The molecule has 0 aliphatic heterocycles. The van der Waals surface area contributed by atoms with E-state index in [2.05, 4.69) is 10.3 Å². The van der Waals surface area contributed by atoms with Crippen LogP contribution >= 0.6 is 11.8 Å². The predicted octanol–water partition coefficient (Wildman–Crippen LogP) is 4.84. The predicted molar refractivity (Wildman–Crippen MR) is 89.1 cm³/mol. The van der Waals surface area contributed by atoms with E-state index in [9.17, 15) is 18.0 Å². The van der Waals surface area contributed by atoms with E-state index >= 15 is 0 Å². The normalized spacial score (nSPS) is 12.8. The molecule has 3 nitrogen and oxygen atoms in total. The van der Waals surface area contributed by atoms with Crippen molar-refractivity contribution in [1.82, 2.24) is 4.98 Å². The standard InChI is InChI=1S/C17H17F3N2OS/c1-10-4-5-11(2)14(8-10)22-16(23)12(3)24-15-7-6-13(9-21-15)17(18,19)20/h4-9,12H,1-3H3,(H,22,23). The summed E-state index contributed by atoms with van der Waals surface area (Å²) in [6.07, 6.45) is -3.64. The van der Waals surface area contributed by atoms with E-state index in [1.807, 2.05) is 32.0 Å². The van der Waals surface area contributed by atoms with Crippen molar-refractivity contribution in [3.63, 3.8) is 0 Å². The molecule has 1 unspecified atom stereocenters. The summed E-state index contributed by atoms with van der Waals surface area (Å²) in [5.41, 5.74) is 1.89. The monoisotopic (exact) mass is 354 g/mol. The van der Waals surface area contributed by atoms with Crippen molar-refractivity contribution in [3.05, 3.63) is 53.2 Å². The Balaban J connectivity index is 2.02. The van der Waals surface area contributed by atoms with Gasteiger partial charge in [-0.25, -0.2) is 4.98 Å². The van der Waals surface area contributed by atoms with Crippen LogP contribution < -0.4 is 5.32 Å². The number of anilines is 1. The number of rotatable bonds is 4. The van der Waals surface area contributed by atoms with Crippen LogP contribution in [0.25, 0.3) is 0 Å². The summed E-state index contributed by atoms with van der Waals surface area (Å²) in [6.45, 7) is 5.51. The van der Waals surface area contributed by atoms with Crippen molar-refractivity contribution in [3.8, 4) is 0 Å². The van der Waals surface area contributed by atoms with E-state index in [1.54, 1.807) is 6.92 Å². The Labute approximate surface area is 142 Å². The third-order valence-corrected chi connectivity index (χ3v) is 4.43. The van der Waals surface area contributed by atoms with Crippen LogP contribution in [-0.2, 0) is 11.0 Å². The van der Waals surface area contributed by atoms with Gasteiger partial charge < -0.3 is 5.32 Å². The van der Waals surface area contributed by atoms with Gasteiger partial charge in [0, 0.05) is 11.9 Å². The number of thioether (sulfide) groups is 1. The Bertz CT molecular complexity index is 730. The maximum Gasteiger partial charge on any atom is 0.417 e. The number of hydrogen-bond donors (Lipinski definition) is 1. The molecule has 7 heteroatoms. The van der Waals surface area contributed by atoms with E-state index < -0.39 is 17.0 Å². The number of nitrogens with one attached hydrogen (secondary N) is 1. The van der Waals surface area contributed by atoms with Gasteiger partial charge in [-0.2, -0.15) is 13.2 Å². The molecule has 1 aromatic heterocycles. The first kappa shape index (κ1) is 18.3. The largest absolute Gasteiger partial charge is 0.417 e. The van der Waals surface area contributed by atoms with Gasteiger partial charge in [0.1, 0.15) is 0 Å². The smallest absolute Gasteiger partial charge is 0.325 e. The van der Waals surface area contributed by atoms with E-state index in [0.29, 0.717) is 5.03 Å². The van der Waals surface area contributed by atoms with Gasteiger partial charge in [0.05, 0.1) is 15.8 Å². The summed E-state index contributed by atoms with van der Waals surface area (Å²) < 4.78 is 37.5. The number of alkyl halides is 3. The van der Waals surface area contributed by atoms with Crippen LogP contribution in [-0.4, -0.2) is 16.1 Å². The van der Waals surface area contributed by atoms with Gasteiger partial charge >= 0.3 is 6.18 Å². The topological polar surface area (TPSA) is 42.0 Å². The molecule has 0 aliphatic rings. The molecule has 1 aromatic carbocycles. The molecular formula is C17H17F3N2OS. The lowest BCUT2D eigenvalue weighted by Gasteiger charge is -2.14. The zero-order valence-corrected chi connectivity index (χ0v) is 14.3. The number of benzene rings is 1. The summed E-state index contributed by atoms with van der Waals surface area (Å²) in [5.74, 6) is -0.226. The summed E-state index contributed by atoms with van der Waals surface area (Å²) >= 11 is 1.11. The number of hydrogen-bond acceptors (Lipinski definition) is 3. The van der Waals surface area contributed by atoms with Gasteiger partial charge in [-0.15, -0.1) is 0 Å². The van der Waals surface area contributed by atoms with Gasteiger partial charge in [-0.05, 0) is 50.1 Å². The van der Waals surface area contributed by atoms with Gasteiger partial charge in [0.2, 0.25) is 5.91 Å². The van der Waals surface area contributed by atoms with Crippen LogP contribution in [0.3, 0.4) is 0 Å². The lowest BCUT2D eigenvalue weighted by atomic mass is 10.1. The Morgan fingerprint density at radius 2 is 1.92 bits per heavy atom. The third-order valence-electron chi connectivity index (χ3n) is 3.38. The second kappa shape index (κ2) is 7.25. The number of carbonyl (C=O) groups excluding carboxylic acids is 1. The van der Waals surface area contributed by atoms with E-state index in [-0.39, 0.29) is 5.91 Å². The number of halogens is 3. The van der Waals surface area contributed by atoms with Gasteiger partial charge in [0.25, 0.3) is 0 Å².